The van der Waals surface area contributed by atoms with E-state index in [1.807, 2.05) is 18.2 Å². The van der Waals surface area contributed by atoms with Gasteiger partial charge in [0, 0.05) is 0 Å². The predicted octanol–water partition coefficient (Wildman–Crippen LogP) is 3.86. The van der Waals surface area contributed by atoms with Gasteiger partial charge < -0.3 is 14.8 Å². The number of carbonyl (C=O) groups excluding carboxylic acids is 1. The standard InChI is InChI=1S/C17H21Cl2NO3/c1-10(2)14(20-15(21)16(3)9-17(16,18)19)11-4-5-12-13(8-11)23-7-6-22-12/h4-5,8,10,14H,6-7,9H2,1-3H3,(H,20,21). The van der Waals surface area contributed by atoms with Gasteiger partial charge >= 0.3 is 0 Å². The Kier molecular flexibility index (Phi) is 4.18. The highest BCUT2D eigenvalue weighted by atomic mass is 35.5. The fourth-order valence-corrected chi connectivity index (χ4v) is 3.54. The molecule has 2 atom stereocenters. The van der Waals surface area contributed by atoms with Gasteiger partial charge in [-0.3, -0.25) is 4.79 Å². The second kappa shape index (κ2) is 5.75. The lowest BCUT2D eigenvalue weighted by atomic mass is 9.94. The quantitative estimate of drug-likeness (QED) is 0.832. The van der Waals surface area contributed by atoms with Crippen LogP contribution in [0.25, 0.3) is 0 Å². The fraction of sp³-hybridized carbons (Fsp3) is 0.588. The van der Waals surface area contributed by atoms with Crippen LogP contribution in [0.3, 0.4) is 0 Å². The summed E-state index contributed by atoms with van der Waals surface area (Å²) in [6, 6.07) is 5.64. The molecule has 23 heavy (non-hydrogen) atoms. The third-order valence-electron chi connectivity index (χ3n) is 4.64. The third-order valence-corrected chi connectivity index (χ3v) is 5.74. The first-order valence-corrected chi connectivity index (χ1v) is 8.58. The molecule has 126 valence electrons. The molecule has 1 fully saturated rings. The Bertz CT molecular complexity index is 632. The highest BCUT2D eigenvalue weighted by Crippen LogP contribution is 2.64. The summed E-state index contributed by atoms with van der Waals surface area (Å²) >= 11 is 12.2. The predicted molar refractivity (Wildman–Crippen MR) is 90.3 cm³/mol. The van der Waals surface area contributed by atoms with E-state index in [-0.39, 0.29) is 17.9 Å². The summed E-state index contributed by atoms with van der Waals surface area (Å²) in [4.78, 5) is 12.6. The summed E-state index contributed by atoms with van der Waals surface area (Å²) in [7, 11) is 0. The topological polar surface area (TPSA) is 47.6 Å². The van der Waals surface area contributed by atoms with Crippen LogP contribution >= 0.6 is 23.2 Å². The van der Waals surface area contributed by atoms with E-state index in [2.05, 4.69) is 19.2 Å². The Morgan fingerprint density at radius 3 is 2.39 bits per heavy atom. The number of nitrogens with one attached hydrogen (secondary N) is 1. The lowest BCUT2D eigenvalue weighted by Gasteiger charge is -2.27. The number of ether oxygens (including phenoxy) is 2. The number of benzene rings is 1. The van der Waals surface area contributed by atoms with Crippen LogP contribution in [0.4, 0.5) is 0 Å². The minimum atomic E-state index is -0.967. The van der Waals surface area contributed by atoms with Crippen LogP contribution in [0, 0.1) is 11.3 Å². The van der Waals surface area contributed by atoms with Crippen LogP contribution in [0.1, 0.15) is 38.8 Å². The number of hydrogen-bond acceptors (Lipinski definition) is 3. The molecular formula is C17H21Cl2NO3. The molecule has 1 N–H and O–H groups in total. The van der Waals surface area contributed by atoms with Gasteiger partial charge in [0.05, 0.1) is 11.5 Å². The van der Waals surface area contributed by atoms with Crippen LogP contribution in [0.15, 0.2) is 18.2 Å². The van der Waals surface area contributed by atoms with Crippen LogP contribution in [-0.4, -0.2) is 23.5 Å². The lowest BCUT2D eigenvalue weighted by molar-refractivity contribution is -0.126. The van der Waals surface area contributed by atoms with Crippen LogP contribution < -0.4 is 14.8 Å². The molecule has 0 aromatic heterocycles. The minimum absolute atomic E-state index is 0.115. The van der Waals surface area contributed by atoms with Crippen molar-refractivity contribution in [1.82, 2.24) is 5.32 Å². The highest BCUT2D eigenvalue weighted by Gasteiger charge is 2.68. The van der Waals surface area contributed by atoms with E-state index < -0.39 is 9.75 Å². The van der Waals surface area contributed by atoms with Crippen molar-refractivity contribution in [3.8, 4) is 11.5 Å². The molecule has 1 aromatic rings. The monoisotopic (exact) mass is 357 g/mol. The van der Waals surface area contributed by atoms with Gasteiger partial charge in [-0.05, 0) is 37.0 Å². The van der Waals surface area contributed by atoms with Crippen molar-refractivity contribution in [2.45, 2.75) is 37.6 Å². The average Bonchev–Trinajstić information content (AvgIpc) is 3.03. The molecule has 2 unspecified atom stereocenters. The van der Waals surface area contributed by atoms with E-state index in [4.69, 9.17) is 32.7 Å². The Morgan fingerprint density at radius 2 is 1.83 bits per heavy atom. The molecule has 0 spiro atoms. The molecule has 3 rings (SSSR count). The molecule has 1 amide bonds. The Balaban J connectivity index is 1.81. The molecule has 4 nitrogen and oxygen atoms in total. The zero-order valence-corrected chi connectivity index (χ0v) is 15.0. The summed E-state index contributed by atoms with van der Waals surface area (Å²) in [6.45, 7) is 7.01. The maximum absolute atomic E-state index is 12.6. The molecular weight excluding hydrogens is 337 g/mol. The number of alkyl halides is 2. The summed E-state index contributed by atoms with van der Waals surface area (Å²) in [6.07, 6.45) is 0.473. The van der Waals surface area contributed by atoms with Gasteiger partial charge in [-0.2, -0.15) is 0 Å². The van der Waals surface area contributed by atoms with Crippen molar-refractivity contribution in [2.75, 3.05) is 13.2 Å². The van der Waals surface area contributed by atoms with E-state index in [0.29, 0.717) is 19.6 Å². The van der Waals surface area contributed by atoms with Crippen molar-refractivity contribution in [3.05, 3.63) is 23.8 Å². The average molecular weight is 358 g/mol. The highest BCUT2D eigenvalue weighted by molar-refractivity contribution is 6.53. The van der Waals surface area contributed by atoms with Gasteiger partial charge in [-0.25, -0.2) is 0 Å². The third kappa shape index (κ3) is 2.99. The smallest absolute Gasteiger partial charge is 0.229 e. The Hall–Kier alpha value is -1.13. The molecule has 1 saturated carbocycles. The van der Waals surface area contributed by atoms with Gasteiger partial charge in [-0.15, -0.1) is 23.2 Å². The first-order valence-electron chi connectivity index (χ1n) is 7.83. The number of amides is 1. The normalized spacial score (nSPS) is 25.8. The first-order chi connectivity index (χ1) is 10.7. The summed E-state index contributed by atoms with van der Waals surface area (Å²) < 4.78 is 10.2. The lowest BCUT2D eigenvalue weighted by Crippen LogP contribution is -2.38. The Labute approximate surface area is 146 Å². The number of carbonyl (C=O) groups is 1. The zero-order chi connectivity index (χ0) is 16.8. The molecule has 0 bridgehead atoms. The number of rotatable bonds is 4. The number of hydrogen-bond donors (Lipinski definition) is 1. The number of halogens is 2. The van der Waals surface area contributed by atoms with Gasteiger partial charge in [0.2, 0.25) is 5.91 Å². The molecule has 1 aliphatic carbocycles. The fourth-order valence-electron chi connectivity index (χ4n) is 2.84. The SMILES string of the molecule is CC(C)C(NC(=O)C1(C)CC1(Cl)Cl)c1ccc2c(c1)OCCO2. The number of fused-ring (bicyclic) bond motifs is 1. The van der Waals surface area contributed by atoms with E-state index >= 15 is 0 Å². The zero-order valence-electron chi connectivity index (χ0n) is 13.5. The largest absolute Gasteiger partial charge is 0.486 e. The van der Waals surface area contributed by atoms with E-state index in [1.54, 1.807) is 6.92 Å². The summed E-state index contributed by atoms with van der Waals surface area (Å²) in [5.41, 5.74) is 0.258. The minimum Gasteiger partial charge on any atom is -0.486 e. The van der Waals surface area contributed by atoms with Gasteiger partial charge in [0.15, 0.2) is 11.5 Å². The second-order valence-corrected chi connectivity index (χ2v) is 8.30. The Morgan fingerprint density at radius 1 is 1.22 bits per heavy atom. The molecule has 1 aromatic carbocycles. The summed E-state index contributed by atoms with van der Waals surface area (Å²) in [5, 5.41) is 3.09. The van der Waals surface area contributed by atoms with Gasteiger partial charge in [0.1, 0.15) is 17.5 Å². The first kappa shape index (κ1) is 16.7. The maximum Gasteiger partial charge on any atom is 0.229 e. The van der Waals surface area contributed by atoms with Crippen LogP contribution in [0.2, 0.25) is 0 Å². The van der Waals surface area contributed by atoms with Gasteiger partial charge in [-0.1, -0.05) is 19.9 Å². The molecule has 2 aliphatic rings. The van der Waals surface area contributed by atoms with Gasteiger partial charge in [0.25, 0.3) is 0 Å². The van der Waals surface area contributed by atoms with Crippen LogP contribution in [-0.2, 0) is 4.79 Å². The second-order valence-electron chi connectivity index (χ2n) is 6.81. The van der Waals surface area contributed by atoms with E-state index in [0.717, 1.165) is 17.1 Å². The van der Waals surface area contributed by atoms with Crippen molar-refractivity contribution in [3.63, 3.8) is 0 Å². The van der Waals surface area contributed by atoms with Crippen molar-refractivity contribution in [1.29, 1.82) is 0 Å². The van der Waals surface area contributed by atoms with Crippen molar-refractivity contribution in [2.24, 2.45) is 11.3 Å². The van der Waals surface area contributed by atoms with E-state index in [1.165, 1.54) is 0 Å². The van der Waals surface area contributed by atoms with Crippen molar-refractivity contribution < 1.29 is 14.3 Å². The molecule has 1 aliphatic heterocycles. The van der Waals surface area contributed by atoms with Crippen molar-refractivity contribution >= 4 is 29.1 Å². The molecule has 0 radical (unpaired) electrons. The molecule has 6 heteroatoms. The molecule has 1 heterocycles. The maximum atomic E-state index is 12.6. The van der Waals surface area contributed by atoms with E-state index in [9.17, 15) is 4.79 Å². The van der Waals surface area contributed by atoms with Crippen LogP contribution in [0.5, 0.6) is 11.5 Å². The molecule has 0 saturated heterocycles. The summed E-state index contributed by atoms with van der Waals surface area (Å²) in [5.74, 6) is 1.55.